The SMILES string of the molecule is Cc1cc2c(o1)c(Br)cc1c(C)cc(=O)oc12. The van der Waals surface area contributed by atoms with Gasteiger partial charge < -0.3 is 8.83 Å². The fourth-order valence-corrected chi connectivity index (χ4v) is 2.57. The molecule has 17 heavy (non-hydrogen) atoms. The van der Waals surface area contributed by atoms with Crippen molar-refractivity contribution in [2.45, 2.75) is 13.8 Å². The number of halogens is 1. The summed E-state index contributed by atoms with van der Waals surface area (Å²) in [6, 6.07) is 5.29. The van der Waals surface area contributed by atoms with E-state index in [0.717, 1.165) is 26.6 Å². The molecule has 0 N–H and O–H groups in total. The Bertz CT molecular complexity index is 796. The van der Waals surface area contributed by atoms with Crippen LogP contribution in [-0.2, 0) is 0 Å². The molecular formula is C13H9BrO3. The Labute approximate surface area is 105 Å². The quantitative estimate of drug-likeness (QED) is 0.590. The van der Waals surface area contributed by atoms with E-state index in [1.807, 2.05) is 26.0 Å². The molecule has 0 unspecified atom stereocenters. The Morgan fingerprint density at radius 3 is 2.53 bits per heavy atom. The number of fused-ring (bicyclic) bond motifs is 3. The Hall–Kier alpha value is -1.55. The second kappa shape index (κ2) is 3.47. The van der Waals surface area contributed by atoms with Crippen LogP contribution in [0, 0.1) is 13.8 Å². The first-order valence-corrected chi connectivity index (χ1v) is 5.98. The lowest BCUT2D eigenvalue weighted by molar-refractivity contribution is 0.561. The average molecular weight is 293 g/mol. The highest BCUT2D eigenvalue weighted by molar-refractivity contribution is 9.10. The first-order chi connectivity index (χ1) is 8.06. The van der Waals surface area contributed by atoms with E-state index in [1.54, 1.807) is 0 Å². The predicted octanol–water partition coefficient (Wildman–Crippen LogP) is 3.92. The lowest BCUT2D eigenvalue weighted by Crippen LogP contribution is -1.97. The zero-order chi connectivity index (χ0) is 12.2. The number of aryl methyl sites for hydroxylation is 2. The lowest BCUT2D eigenvalue weighted by Gasteiger charge is -2.02. The topological polar surface area (TPSA) is 43.4 Å². The molecule has 3 aromatic rings. The minimum Gasteiger partial charge on any atom is -0.460 e. The van der Waals surface area contributed by atoms with Crippen LogP contribution in [0.1, 0.15) is 11.3 Å². The minimum atomic E-state index is -0.336. The van der Waals surface area contributed by atoms with Crippen LogP contribution in [0.2, 0.25) is 0 Å². The van der Waals surface area contributed by atoms with Gasteiger partial charge in [0.2, 0.25) is 0 Å². The lowest BCUT2D eigenvalue weighted by atomic mass is 10.1. The Kier molecular flexibility index (Phi) is 2.16. The van der Waals surface area contributed by atoms with Gasteiger partial charge in [0.05, 0.1) is 9.86 Å². The minimum absolute atomic E-state index is 0.336. The predicted molar refractivity (Wildman–Crippen MR) is 69.4 cm³/mol. The van der Waals surface area contributed by atoms with Crippen molar-refractivity contribution in [3.8, 4) is 0 Å². The molecule has 4 heteroatoms. The molecule has 3 nitrogen and oxygen atoms in total. The van der Waals surface area contributed by atoms with Gasteiger partial charge in [-0.15, -0.1) is 0 Å². The van der Waals surface area contributed by atoms with Crippen molar-refractivity contribution in [2.75, 3.05) is 0 Å². The molecule has 0 aliphatic heterocycles. The number of rotatable bonds is 0. The zero-order valence-corrected chi connectivity index (χ0v) is 10.9. The standard InChI is InChI=1S/C13H9BrO3/c1-6-3-11(15)17-12-8(6)5-10(14)13-9(12)4-7(2)16-13/h3-5H,1-2H3. The molecule has 0 atom stereocenters. The molecule has 0 radical (unpaired) electrons. The first-order valence-electron chi connectivity index (χ1n) is 5.19. The molecule has 0 amide bonds. The van der Waals surface area contributed by atoms with Gasteiger partial charge in [-0.05, 0) is 47.5 Å². The van der Waals surface area contributed by atoms with Crippen LogP contribution in [0.15, 0.2) is 36.3 Å². The molecule has 2 heterocycles. The molecule has 1 aromatic carbocycles. The van der Waals surface area contributed by atoms with Gasteiger partial charge in [-0.2, -0.15) is 0 Å². The van der Waals surface area contributed by atoms with Gasteiger partial charge in [0, 0.05) is 11.5 Å². The van der Waals surface area contributed by atoms with Gasteiger partial charge in [-0.1, -0.05) is 0 Å². The van der Waals surface area contributed by atoms with E-state index in [9.17, 15) is 4.79 Å². The summed E-state index contributed by atoms with van der Waals surface area (Å²) in [4.78, 5) is 11.4. The Balaban J connectivity index is 2.67. The number of benzene rings is 1. The van der Waals surface area contributed by atoms with Crippen molar-refractivity contribution < 1.29 is 8.83 Å². The maximum absolute atomic E-state index is 11.4. The van der Waals surface area contributed by atoms with Crippen LogP contribution in [0.3, 0.4) is 0 Å². The second-order valence-electron chi connectivity index (χ2n) is 4.08. The summed E-state index contributed by atoms with van der Waals surface area (Å²) >= 11 is 3.47. The van der Waals surface area contributed by atoms with Gasteiger partial charge in [-0.3, -0.25) is 0 Å². The summed E-state index contributed by atoms with van der Waals surface area (Å²) < 4.78 is 11.7. The van der Waals surface area contributed by atoms with Crippen LogP contribution < -0.4 is 5.63 Å². The summed E-state index contributed by atoms with van der Waals surface area (Å²) in [5.41, 5.74) is 1.86. The Morgan fingerprint density at radius 1 is 1.00 bits per heavy atom. The highest BCUT2D eigenvalue weighted by atomic mass is 79.9. The third kappa shape index (κ3) is 1.52. The van der Waals surface area contributed by atoms with Crippen molar-refractivity contribution in [2.24, 2.45) is 0 Å². The van der Waals surface area contributed by atoms with Crippen LogP contribution in [-0.4, -0.2) is 0 Å². The normalized spacial score (nSPS) is 11.5. The fraction of sp³-hybridized carbons (Fsp3) is 0.154. The first kappa shape index (κ1) is 10.6. The molecule has 3 rings (SSSR count). The molecule has 0 aliphatic carbocycles. The van der Waals surface area contributed by atoms with Crippen molar-refractivity contribution in [1.82, 2.24) is 0 Å². The molecule has 0 aliphatic rings. The van der Waals surface area contributed by atoms with Gasteiger partial charge in [0.25, 0.3) is 0 Å². The van der Waals surface area contributed by atoms with Gasteiger partial charge in [0.1, 0.15) is 11.3 Å². The van der Waals surface area contributed by atoms with E-state index in [1.165, 1.54) is 6.07 Å². The maximum Gasteiger partial charge on any atom is 0.336 e. The van der Waals surface area contributed by atoms with E-state index in [0.29, 0.717) is 11.2 Å². The molecule has 0 fully saturated rings. The van der Waals surface area contributed by atoms with Gasteiger partial charge >= 0.3 is 5.63 Å². The molecule has 0 saturated carbocycles. The second-order valence-corrected chi connectivity index (χ2v) is 4.94. The monoisotopic (exact) mass is 292 g/mol. The highest BCUT2D eigenvalue weighted by Crippen LogP contribution is 2.34. The summed E-state index contributed by atoms with van der Waals surface area (Å²) in [5, 5.41) is 1.75. The summed E-state index contributed by atoms with van der Waals surface area (Å²) in [5.74, 6) is 0.789. The van der Waals surface area contributed by atoms with Crippen molar-refractivity contribution >= 4 is 37.9 Å². The van der Waals surface area contributed by atoms with Crippen molar-refractivity contribution in [3.05, 3.63) is 44.4 Å². The van der Waals surface area contributed by atoms with E-state index in [2.05, 4.69) is 15.9 Å². The smallest absolute Gasteiger partial charge is 0.336 e. The van der Waals surface area contributed by atoms with E-state index >= 15 is 0 Å². The summed E-state index contributed by atoms with van der Waals surface area (Å²) in [6.45, 7) is 3.76. The van der Waals surface area contributed by atoms with Crippen LogP contribution in [0.4, 0.5) is 0 Å². The third-order valence-electron chi connectivity index (χ3n) is 2.79. The largest absolute Gasteiger partial charge is 0.460 e. The third-order valence-corrected chi connectivity index (χ3v) is 3.38. The molecule has 0 bridgehead atoms. The van der Waals surface area contributed by atoms with Crippen LogP contribution in [0.25, 0.3) is 21.9 Å². The maximum atomic E-state index is 11.4. The number of hydrogen-bond donors (Lipinski definition) is 0. The molecule has 0 spiro atoms. The average Bonchev–Trinajstić information content (AvgIpc) is 2.63. The van der Waals surface area contributed by atoms with Gasteiger partial charge in [0.15, 0.2) is 5.58 Å². The highest BCUT2D eigenvalue weighted by Gasteiger charge is 2.13. The number of hydrogen-bond acceptors (Lipinski definition) is 3. The van der Waals surface area contributed by atoms with Crippen LogP contribution in [0.5, 0.6) is 0 Å². The molecule has 2 aromatic heterocycles. The van der Waals surface area contributed by atoms with Crippen LogP contribution >= 0.6 is 15.9 Å². The Morgan fingerprint density at radius 2 is 1.76 bits per heavy atom. The summed E-state index contributed by atoms with van der Waals surface area (Å²) in [7, 11) is 0. The molecule has 0 saturated heterocycles. The summed E-state index contributed by atoms with van der Waals surface area (Å²) in [6.07, 6.45) is 0. The molecule has 86 valence electrons. The van der Waals surface area contributed by atoms with Crippen molar-refractivity contribution in [1.29, 1.82) is 0 Å². The van der Waals surface area contributed by atoms with E-state index in [-0.39, 0.29) is 5.63 Å². The van der Waals surface area contributed by atoms with Gasteiger partial charge in [-0.25, -0.2) is 4.79 Å². The van der Waals surface area contributed by atoms with Crippen molar-refractivity contribution in [3.63, 3.8) is 0 Å². The number of furan rings is 1. The molecular weight excluding hydrogens is 284 g/mol. The van der Waals surface area contributed by atoms with E-state index in [4.69, 9.17) is 8.83 Å². The zero-order valence-electron chi connectivity index (χ0n) is 9.33. The van der Waals surface area contributed by atoms with E-state index < -0.39 is 0 Å². The fourth-order valence-electron chi connectivity index (χ4n) is 2.05.